The van der Waals surface area contributed by atoms with Gasteiger partial charge in [0.05, 0.1) is 12.6 Å². The summed E-state index contributed by atoms with van der Waals surface area (Å²) in [4.78, 5) is 11.2. The Hall–Kier alpha value is -0.930. The van der Waals surface area contributed by atoms with Crippen LogP contribution in [0, 0.1) is 0 Å². The quantitative estimate of drug-likeness (QED) is 0.830. The summed E-state index contributed by atoms with van der Waals surface area (Å²) in [7, 11) is 0. The zero-order valence-electron chi connectivity index (χ0n) is 8.50. The number of hydrogen-bond donors (Lipinski definition) is 1. The van der Waals surface area contributed by atoms with Crippen molar-refractivity contribution >= 4 is 29.1 Å². The van der Waals surface area contributed by atoms with E-state index in [1.165, 1.54) is 0 Å². The second-order valence-electron chi connectivity index (χ2n) is 3.57. The molecule has 1 atom stereocenters. The lowest BCUT2D eigenvalue weighted by Crippen LogP contribution is -2.32. The standard InChI is InChI=1S/C11H11Cl2NO2/c12-6-11(15)14-9-3-4-16-10-5-7(13)1-2-8(9)10/h1-2,5,9H,3-4,6H2,(H,14,15). The average Bonchev–Trinajstić information content (AvgIpc) is 2.28. The first-order chi connectivity index (χ1) is 7.70. The van der Waals surface area contributed by atoms with Crippen LogP contribution in [-0.2, 0) is 4.79 Å². The first kappa shape index (κ1) is 11.6. The van der Waals surface area contributed by atoms with Gasteiger partial charge in [0.25, 0.3) is 0 Å². The van der Waals surface area contributed by atoms with Crippen LogP contribution in [0.5, 0.6) is 5.75 Å². The third-order valence-electron chi connectivity index (χ3n) is 2.47. The molecule has 2 rings (SSSR count). The molecule has 3 nitrogen and oxygen atoms in total. The second kappa shape index (κ2) is 4.93. The summed E-state index contributed by atoms with van der Waals surface area (Å²) in [6.45, 7) is 0.570. The number of nitrogens with one attached hydrogen (secondary N) is 1. The molecule has 1 aromatic rings. The molecule has 16 heavy (non-hydrogen) atoms. The third-order valence-corrected chi connectivity index (χ3v) is 2.95. The minimum atomic E-state index is -0.172. The zero-order chi connectivity index (χ0) is 11.5. The molecule has 1 aliphatic heterocycles. The van der Waals surface area contributed by atoms with Crippen molar-refractivity contribution in [3.05, 3.63) is 28.8 Å². The van der Waals surface area contributed by atoms with E-state index in [1.54, 1.807) is 12.1 Å². The van der Waals surface area contributed by atoms with Gasteiger partial charge in [-0.1, -0.05) is 17.7 Å². The number of amides is 1. The molecule has 0 aromatic heterocycles. The molecule has 1 heterocycles. The molecule has 0 spiro atoms. The van der Waals surface area contributed by atoms with Crippen molar-refractivity contribution in [3.8, 4) is 5.75 Å². The van der Waals surface area contributed by atoms with Gasteiger partial charge in [0.2, 0.25) is 5.91 Å². The van der Waals surface area contributed by atoms with Crippen molar-refractivity contribution in [2.24, 2.45) is 0 Å². The maximum Gasteiger partial charge on any atom is 0.235 e. The predicted octanol–water partition coefficient (Wildman–Crippen LogP) is 2.52. The number of alkyl halides is 1. The van der Waals surface area contributed by atoms with E-state index in [4.69, 9.17) is 27.9 Å². The predicted molar refractivity (Wildman–Crippen MR) is 63.2 cm³/mol. The first-order valence-corrected chi connectivity index (χ1v) is 5.89. The van der Waals surface area contributed by atoms with E-state index in [9.17, 15) is 4.79 Å². The highest BCUT2D eigenvalue weighted by atomic mass is 35.5. The van der Waals surface area contributed by atoms with E-state index in [-0.39, 0.29) is 17.8 Å². The molecule has 1 N–H and O–H groups in total. The number of hydrogen-bond acceptors (Lipinski definition) is 2. The lowest BCUT2D eigenvalue weighted by atomic mass is 10.0. The van der Waals surface area contributed by atoms with Gasteiger partial charge in [-0.3, -0.25) is 4.79 Å². The van der Waals surface area contributed by atoms with Crippen LogP contribution in [-0.4, -0.2) is 18.4 Å². The van der Waals surface area contributed by atoms with Crippen molar-refractivity contribution in [1.82, 2.24) is 5.32 Å². The van der Waals surface area contributed by atoms with Crippen LogP contribution in [0.15, 0.2) is 18.2 Å². The van der Waals surface area contributed by atoms with Gasteiger partial charge in [0, 0.05) is 17.0 Å². The molecule has 0 saturated heterocycles. The molecule has 0 fully saturated rings. The lowest BCUT2D eigenvalue weighted by Gasteiger charge is -2.26. The summed E-state index contributed by atoms with van der Waals surface area (Å²) in [6.07, 6.45) is 0.747. The summed E-state index contributed by atoms with van der Waals surface area (Å²) in [6, 6.07) is 5.38. The van der Waals surface area contributed by atoms with Crippen LogP contribution in [0.3, 0.4) is 0 Å². The molecule has 1 aromatic carbocycles. The van der Waals surface area contributed by atoms with E-state index in [2.05, 4.69) is 5.32 Å². The fourth-order valence-electron chi connectivity index (χ4n) is 1.75. The topological polar surface area (TPSA) is 38.3 Å². The Bertz CT molecular complexity index is 409. The van der Waals surface area contributed by atoms with E-state index in [0.29, 0.717) is 11.6 Å². The Morgan fingerprint density at radius 3 is 3.12 bits per heavy atom. The number of rotatable bonds is 2. The molecule has 86 valence electrons. The molecular formula is C11H11Cl2NO2. The van der Waals surface area contributed by atoms with Crippen molar-refractivity contribution in [2.45, 2.75) is 12.5 Å². The van der Waals surface area contributed by atoms with Crippen LogP contribution in [0.25, 0.3) is 0 Å². The van der Waals surface area contributed by atoms with Gasteiger partial charge in [-0.2, -0.15) is 0 Å². The summed E-state index contributed by atoms with van der Waals surface area (Å²) >= 11 is 11.3. The fraction of sp³-hybridized carbons (Fsp3) is 0.364. The van der Waals surface area contributed by atoms with E-state index in [0.717, 1.165) is 17.7 Å². The Morgan fingerprint density at radius 2 is 2.38 bits per heavy atom. The summed E-state index contributed by atoms with van der Waals surface area (Å²) in [5.74, 6) is 0.536. The molecule has 5 heteroatoms. The highest BCUT2D eigenvalue weighted by Crippen LogP contribution is 2.33. The van der Waals surface area contributed by atoms with Crippen molar-refractivity contribution < 1.29 is 9.53 Å². The van der Waals surface area contributed by atoms with Gasteiger partial charge in [-0.05, 0) is 12.1 Å². The van der Waals surface area contributed by atoms with Crippen LogP contribution in [0.4, 0.5) is 0 Å². The molecule has 0 aliphatic carbocycles. The first-order valence-electron chi connectivity index (χ1n) is 4.98. The van der Waals surface area contributed by atoms with Gasteiger partial charge in [-0.25, -0.2) is 0 Å². The highest BCUT2D eigenvalue weighted by Gasteiger charge is 2.22. The summed E-state index contributed by atoms with van der Waals surface area (Å²) in [5.41, 5.74) is 0.953. The van der Waals surface area contributed by atoms with Crippen molar-refractivity contribution in [1.29, 1.82) is 0 Å². The van der Waals surface area contributed by atoms with Crippen LogP contribution in [0.1, 0.15) is 18.0 Å². The lowest BCUT2D eigenvalue weighted by molar-refractivity contribution is -0.119. The number of ether oxygens (including phenoxy) is 1. The highest BCUT2D eigenvalue weighted by molar-refractivity contribution is 6.30. The van der Waals surface area contributed by atoms with Gasteiger partial charge < -0.3 is 10.1 Å². The minimum Gasteiger partial charge on any atom is -0.493 e. The van der Waals surface area contributed by atoms with E-state index >= 15 is 0 Å². The second-order valence-corrected chi connectivity index (χ2v) is 4.28. The summed E-state index contributed by atoms with van der Waals surface area (Å²) < 4.78 is 5.48. The maximum atomic E-state index is 11.2. The number of benzene rings is 1. The molecule has 0 bridgehead atoms. The van der Waals surface area contributed by atoms with Crippen LogP contribution >= 0.6 is 23.2 Å². The Labute approximate surface area is 104 Å². The van der Waals surface area contributed by atoms with Crippen molar-refractivity contribution in [2.75, 3.05) is 12.5 Å². The van der Waals surface area contributed by atoms with Gasteiger partial charge in [0.1, 0.15) is 11.6 Å². The molecule has 0 saturated carbocycles. The maximum absolute atomic E-state index is 11.2. The molecule has 1 aliphatic rings. The van der Waals surface area contributed by atoms with E-state index in [1.807, 2.05) is 6.07 Å². The third kappa shape index (κ3) is 2.42. The molecule has 0 radical (unpaired) electrons. The largest absolute Gasteiger partial charge is 0.493 e. The fourth-order valence-corrected chi connectivity index (χ4v) is 1.99. The smallest absolute Gasteiger partial charge is 0.235 e. The van der Waals surface area contributed by atoms with Gasteiger partial charge >= 0.3 is 0 Å². The molecule has 1 amide bonds. The minimum absolute atomic E-state index is 0.0275. The molecular weight excluding hydrogens is 249 g/mol. The number of halogens is 2. The molecule has 1 unspecified atom stereocenters. The zero-order valence-corrected chi connectivity index (χ0v) is 10.0. The van der Waals surface area contributed by atoms with Crippen LogP contribution in [0.2, 0.25) is 5.02 Å². The van der Waals surface area contributed by atoms with Crippen LogP contribution < -0.4 is 10.1 Å². The SMILES string of the molecule is O=C(CCl)NC1CCOc2cc(Cl)ccc21. The van der Waals surface area contributed by atoms with Crippen molar-refractivity contribution in [3.63, 3.8) is 0 Å². The Balaban J connectivity index is 2.23. The Kier molecular flexibility index (Phi) is 3.56. The number of carbonyl (C=O) groups is 1. The van der Waals surface area contributed by atoms with Gasteiger partial charge in [0.15, 0.2) is 0 Å². The normalized spacial score (nSPS) is 18.5. The summed E-state index contributed by atoms with van der Waals surface area (Å²) in [5, 5.41) is 3.48. The monoisotopic (exact) mass is 259 g/mol. The average molecular weight is 260 g/mol. The number of carbonyl (C=O) groups excluding carboxylic acids is 1. The van der Waals surface area contributed by atoms with E-state index < -0.39 is 0 Å². The number of fused-ring (bicyclic) bond motifs is 1. The Morgan fingerprint density at radius 1 is 1.56 bits per heavy atom. The van der Waals surface area contributed by atoms with Gasteiger partial charge in [-0.15, -0.1) is 11.6 Å².